The number of anilines is 2. The summed E-state index contributed by atoms with van der Waals surface area (Å²) in [5, 5.41) is 9.08. The molecule has 3 atom stereocenters. The number of para-hydroxylation sites is 2. The first-order valence-corrected chi connectivity index (χ1v) is 20.1. The summed E-state index contributed by atoms with van der Waals surface area (Å²) in [5.74, 6) is 1.34. The lowest BCUT2D eigenvalue weighted by molar-refractivity contribution is -0.137. The number of benzene rings is 4. The quantitative estimate of drug-likeness (QED) is 0.130. The van der Waals surface area contributed by atoms with E-state index >= 15 is 0 Å². The van der Waals surface area contributed by atoms with Gasteiger partial charge in [-0.2, -0.15) is 0 Å². The molecular formula is C47H44N4O9. The molecule has 13 nitrogen and oxygen atoms in total. The van der Waals surface area contributed by atoms with Crippen molar-refractivity contribution in [1.82, 2.24) is 0 Å². The molecule has 306 valence electrons. The van der Waals surface area contributed by atoms with Crippen molar-refractivity contribution in [3.8, 4) is 17.2 Å². The van der Waals surface area contributed by atoms with Gasteiger partial charge in [-0.15, -0.1) is 0 Å². The molecule has 4 aromatic carbocycles. The second kappa shape index (κ2) is 16.4. The van der Waals surface area contributed by atoms with Crippen molar-refractivity contribution in [3.63, 3.8) is 0 Å². The molecule has 4 aliphatic heterocycles. The molecule has 2 amide bonds. The Balaban J connectivity index is 0.944. The van der Waals surface area contributed by atoms with Crippen LogP contribution in [0.25, 0.3) is 0 Å². The molecule has 4 heterocycles. The predicted molar refractivity (Wildman–Crippen MR) is 225 cm³/mol. The largest absolute Gasteiger partial charge is 0.494 e. The number of nitrogens with zero attached hydrogens (tertiary/aromatic N) is 4. The third-order valence-electron chi connectivity index (χ3n) is 11.5. The van der Waals surface area contributed by atoms with Crippen LogP contribution in [0.5, 0.6) is 17.2 Å². The number of amides is 2. The number of carboxylic acids is 1. The third-order valence-corrected chi connectivity index (χ3v) is 11.5. The number of carbonyl (C=O) groups is 3. The zero-order valence-corrected chi connectivity index (χ0v) is 33.3. The minimum atomic E-state index is -0.846. The van der Waals surface area contributed by atoms with E-state index in [0.29, 0.717) is 84.3 Å². The van der Waals surface area contributed by atoms with E-state index in [1.165, 1.54) is 7.11 Å². The van der Waals surface area contributed by atoms with Crippen molar-refractivity contribution in [1.29, 1.82) is 0 Å². The Hall–Kier alpha value is -6.89. The summed E-state index contributed by atoms with van der Waals surface area (Å²) in [5.41, 5.74) is 7.05. The molecule has 9 rings (SSSR count). The number of aliphatic imine (C=N–C) groups is 2. The van der Waals surface area contributed by atoms with Crippen LogP contribution in [0.15, 0.2) is 112 Å². The number of hydrogen-bond donors (Lipinski definition) is 1. The highest BCUT2D eigenvalue weighted by molar-refractivity contribution is 6.15. The Labute approximate surface area is 347 Å². The molecule has 13 heteroatoms. The summed E-state index contributed by atoms with van der Waals surface area (Å²) < 4.78 is 30.5. The summed E-state index contributed by atoms with van der Waals surface area (Å²) in [6.07, 6.45) is 8.32. The number of rotatable bonds is 14. The Bertz CT molecular complexity index is 2510. The summed E-state index contributed by atoms with van der Waals surface area (Å²) in [7, 11) is 3.09. The topological polar surface area (TPSA) is 149 Å². The van der Waals surface area contributed by atoms with Crippen LogP contribution in [-0.2, 0) is 45.1 Å². The first-order chi connectivity index (χ1) is 29.3. The molecule has 4 aromatic rings. The number of allylic oxidation sites excluding steroid dienone is 1. The minimum Gasteiger partial charge on any atom is -0.494 e. The van der Waals surface area contributed by atoms with E-state index in [0.717, 1.165) is 33.6 Å². The van der Waals surface area contributed by atoms with Crippen molar-refractivity contribution in [2.45, 2.75) is 69.9 Å². The molecular weight excluding hydrogens is 765 g/mol. The van der Waals surface area contributed by atoms with Crippen LogP contribution >= 0.6 is 0 Å². The smallest absolute Gasteiger partial charge is 0.303 e. The van der Waals surface area contributed by atoms with Gasteiger partial charge in [0, 0.05) is 61.1 Å². The highest BCUT2D eigenvalue weighted by Crippen LogP contribution is 2.42. The lowest BCUT2D eigenvalue weighted by Gasteiger charge is -2.26. The van der Waals surface area contributed by atoms with Crippen LogP contribution in [-0.4, -0.2) is 74.3 Å². The molecule has 0 fully saturated rings. The second-order valence-electron chi connectivity index (χ2n) is 15.3. The van der Waals surface area contributed by atoms with Gasteiger partial charge in [-0.3, -0.25) is 34.2 Å². The summed E-state index contributed by atoms with van der Waals surface area (Å²) in [6, 6.07) is 24.2. The van der Waals surface area contributed by atoms with Gasteiger partial charge in [-0.1, -0.05) is 36.4 Å². The van der Waals surface area contributed by atoms with E-state index in [1.54, 1.807) is 30.2 Å². The van der Waals surface area contributed by atoms with Crippen molar-refractivity contribution in [2.75, 3.05) is 30.6 Å². The van der Waals surface area contributed by atoms with Crippen LogP contribution in [0.2, 0.25) is 0 Å². The molecule has 1 N–H and O–H groups in total. The molecule has 0 spiro atoms. The zero-order valence-electron chi connectivity index (χ0n) is 33.3. The average molecular weight is 809 g/mol. The SMILES string of the molecule is COC1=C(OCc2cc(COc3cc4c(cc3OC)C(=O)N3c5ccccc5C[C@H]3C=N4)cc(OCCCCC(=O)O)c2)CC2N=C[C@@H]3Cc4ccccc4N3C(=O)C2=C1. The number of methoxy groups -OCH3 is 2. The Kier molecular flexibility index (Phi) is 10.6. The molecule has 1 aliphatic carbocycles. The number of fused-ring (bicyclic) bond motifs is 8. The van der Waals surface area contributed by atoms with Crippen molar-refractivity contribution in [3.05, 3.63) is 130 Å². The van der Waals surface area contributed by atoms with Crippen molar-refractivity contribution < 1.29 is 43.2 Å². The number of ether oxygens (including phenoxy) is 5. The summed E-state index contributed by atoms with van der Waals surface area (Å²) in [4.78, 5) is 52.2. The van der Waals surface area contributed by atoms with Crippen LogP contribution in [0.4, 0.5) is 17.1 Å². The molecule has 1 unspecified atom stereocenters. The highest BCUT2D eigenvalue weighted by Gasteiger charge is 2.41. The Morgan fingerprint density at radius 2 is 1.43 bits per heavy atom. The van der Waals surface area contributed by atoms with Gasteiger partial charge in [0.15, 0.2) is 17.3 Å². The van der Waals surface area contributed by atoms with Gasteiger partial charge in [0.2, 0.25) is 0 Å². The van der Waals surface area contributed by atoms with Gasteiger partial charge in [0.1, 0.15) is 24.7 Å². The molecule has 0 saturated heterocycles. The van der Waals surface area contributed by atoms with Gasteiger partial charge in [-0.05, 0) is 77.6 Å². The second-order valence-corrected chi connectivity index (χ2v) is 15.3. The fourth-order valence-corrected chi connectivity index (χ4v) is 8.55. The predicted octanol–water partition coefficient (Wildman–Crippen LogP) is 7.31. The van der Waals surface area contributed by atoms with Gasteiger partial charge in [0.05, 0.1) is 50.2 Å². The normalized spacial score (nSPS) is 19.6. The monoisotopic (exact) mass is 808 g/mol. The Morgan fingerprint density at radius 3 is 2.13 bits per heavy atom. The highest BCUT2D eigenvalue weighted by atomic mass is 16.5. The number of unbranched alkanes of at least 4 members (excludes halogenated alkanes) is 1. The van der Waals surface area contributed by atoms with Gasteiger partial charge in [-0.25, -0.2) is 0 Å². The number of aliphatic carboxylic acids is 1. The fourth-order valence-electron chi connectivity index (χ4n) is 8.55. The molecule has 0 saturated carbocycles. The van der Waals surface area contributed by atoms with Crippen molar-refractivity contribution in [2.24, 2.45) is 9.98 Å². The Morgan fingerprint density at radius 1 is 0.750 bits per heavy atom. The molecule has 60 heavy (non-hydrogen) atoms. The molecule has 0 aromatic heterocycles. The van der Waals surface area contributed by atoms with Crippen LogP contribution in [0.1, 0.15) is 58.3 Å². The summed E-state index contributed by atoms with van der Waals surface area (Å²) >= 11 is 0. The van der Waals surface area contributed by atoms with Gasteiger partial charge in [0.25, 0.3) is 11.8 Å². The lowest BCUT2D eigenvalue weighted by Crippen LogP contribution is -2.39. The van der Waals surface area contributed by atoms with Crippen molar-refractivity contribution >= 4 is 47.3 Å². The van der Waals surface area contributed by atoms with Crippen LogP contribution in [0, 0.1) is 0 Å². The standard InChI is InChI=1S/C47H44N4O9/c1-56-41-20-35-37(48-24-32-18-30-9-3-5-11-39(30)50(32)46(35)54)22-43(41)59-26-28-15-29(17-34(16-28)58-14-8-7-13-45(52)53)27-60-44-23-38-36(21-42(44)57-2)47(55)51-33(25-49-38)19-31-10-4-6-12-40(31)51/h3-6,9-12,15-17,20-22,24-25,32-33,38H,7-8,13-14,18-19,23,26-27H2,1-2H3,(H,52,53)/t32-,33-,38?/m0/s1. The molecule has 0 bridgehead atoms. The zero-order chi connectivity index (χ0) is 41.3. The lowest BCUT2D eigenvalue weighted by atomic mass is 9.96. The van der Waals surface area contributed by atoms with E-state index in [9.17, 15) is 14.4 Å². The van der Waals surface area contributed by atoms with Gasteiger partial charge < -0.3 is 28.8 Å². The van der Waals surface area contributed by atoms with E-state index in [1.807, 2.05) is 84.1 Å². The average Bonchev–Trinajstić information content (AvgIpc) is 3.75. The number of hydrogen-bond acceptors (Lipinski definition) is 10. The third kappa shape index (κ3) is 7.47. The van der Waals surface area contributed by atoms with Crippen LogP contribution < -0.4 is 24.0 Å². The minimum absolute atomic E-state index is 0.0658. The van der Waals surface area contributed by atoms with E-state index < -0.39 is 12.0 Å². The van der Waals surface area contributed by atoms with E-state index in [4.69, 9.17) is 38.8 Å². The number of carboxylic acid groups (broad SMARTS) is 1. The van der Waals surface area contributed by atoms with Gasteiger partial charge >= 0.3 is 5.97 Å². The fraction of sp³-hybridized carbons (Fsp3) is 0.298. The summed E-state index contributed by atoms with van der Waals surface area (Å²) in [6.45, 7) is 0.602. The maximum Gasteiger partial charge on any atom is 0.303 e. The first-order valence-electron chi connectivity index (χ1n) is 20.1. The molecule has 0 radical (unpaired) electrons. The van der Waals surface area contributed by atoms with E-state index in [2.05, 4.69) is 0 Å². The first kappa shape index (κ1) is 38.6. The molecule has 5 aliphatic rings. The number of carbonyl (C=O) groups excluding carboxylic acids is 2. The maximum atomic E-state index is 14.0. The van der Waals surface area contributed by atoms with Crippen LogP contribution in [0.3, 0.4) is 0 Å². The maximum absolute atomic E-state index is 14.0. The van der Waals surface area contributed by atoms with E-state index in [-0.39, 0.29) is 43.5 Å².